The van der Waals surface area contributed by atoms with Gasteiger partial charge in [-0.05, 0) is 129 Å². The van der Waals surface area contributed by atoms with E-state index in [4.69, 9.17) is 48.1 Å². The Balaban J connectivity index is 0.926. The number of esters is 6. The summed E-state index contributed by atoms with van der Waals surface area (Å²) < 4.78 is 43.6. The van der Waals surface area contributed by atoms with Crippen molar-refractivity contribution in [1.82, 2.24) is 10.6 Å². The lowest BCUT2D eigenvalue weighted by Crippen LogP contribution is -2.82. The fraction of sp³-hybridized carbons (Fsp3) is 0.402. The lowest BCUT2D eigenvalue weighted by Gasteiger charge is -2.67. The maximum atomic E-state index is 16.2. The number of rotatable bonds is 17. The van der Waals surface area contributed by atoms with Crippen LogP contribution in [0.3, 0.4) is 0 Å². The zero-order valence-electron chi connectivity index (χ0n) is 60.6. The van der Waals surface area contributed by atoms with Crippen LogP contribution in [0.5, 0.6) is 0 Å². The number of benzene rings is 3. The minimum Gasteiger partial charge on any atom is -0.510 e. The van der Waals surface area contributed by atoms with Gasteiger partial charge in [0, 0.05) is 84.0 Å². The van der Waals surface area contributed by atoms with Gasteiger partial charge in [0.1, 0.15) is 41.6 Å². The van der Waals surface area contributed by atoms with Crippen molar-refractivity contribution in [1.29, 1.82) is 0 Å². The van der Waals surface area contributed by atoms with Crippen LogP contribution < -0.4 is 10.6 Å². The first-order valence-electron chi connectivity index (χ1n) is 35.3. The Hall–Kier alpha value is -10.5. The van der Waals surface area contributed by atoms with E-state index < -0.39 is 149 Å². The predicted octanol–water partition coefficient (Wildman–Crippen LogP) is 10.3. The van der Waals surface area contributed by atoms with Crippen molar-refractivity contribution < 1.29 is 86.8 Å². The van der Waals surface area contributed by atoms with Crippen LogP contribution in [0, 0.1) is 34.5 Å². The van der Waals surface area contributed by atoms with E-state index in [1.165, 1.54) is 33.1 Å². The number of methoxy groups -OCH3 is 1. The summed E-state index contributed by atoms with van der Waals surface area (Å²) in [5.41, 5.74) is 1.27. The smallest absolute Gasteiger partial charge is 0.350 e. The number of aliphatic imine (C=N–C) groups is 3. The molecule has 4 aliphatic carbocycles. The number of ether oxygens (including phenoxy) is 7. The minimum absolute atomic E-state index is 0.0126. The quantitative estimate of drug-likeness (QED) is 0.0476. The number of aliphatic hydroxyl groups excluding tert-OH is 2. The molecular weight excluding hydrogens is 1340 g/mol. The van der Waals surface area contributed by atoms with Crippen LogP contribution in [-0.2, 0) is 61.9 Å². The van der Waals surface area contributed by atoms with Crippen molar-refractivity contribution in [2.45, 2.75) is 162 Å². The fourth-order valence-corrected chi connectivity index (χ4v) is 17.5. The van der Waals surface area contributed by atoms with E-state index in [0.717, 1.165) is 36.1 Å². The Labute approximate surface area is 607 Å². The van der Waals surface area contributed by atoms with E-state index in [1.807, 2.05) is 52.8 Å². The second-order valence-electron chi connectivity index (χ2n) is 29.2. The third-order valence-electron chi connectivity index (χ3n) is 23.2. The number of aliphatic hydroxyl groups is 3. The molecule has 14 atom stereocenters. The summed E-state index contributed by atoms with van der Waals surface area (Å²) in [4.78, 5) is 134. The van der Waals surface area contributed by atoms with Crippen molar-refractivity contribution in [3.8, 4) is 0 Å². The summed E-state index contributed by atoms with van der Waals surface area (Å²) in [5, 5.41) is 45.8. The van der Waals surface area contributed by atoms with E-state index >= 15 is 14.4 Å². The molecule has 6 aliphatic heterocycles. The Morgan fingerprint density at radius 2 is 1.47 bits per heavy atom. The van der Waals surface area contributed by atoms with E-state index in [2.05, 4.69) is 17.2 Å². The summed E-state index contributed by atoms with van der Waals surface area (Å²) in [7, 11) is 1.22. The highest BCUT2D eigenvalue weighted by molar-refractivity contribution is 6.24. The highest BCUT2D eigenvalue weighted by atomic mass is 16.6. The van der Waals surface area contributed by atoms with Gasteiger partial charge in [-0.3, -0.25) is 28.8 Å². The van der Waals surface area contributed by atoms with Crippen molar-refractivity contribution >= 4 is 64.6 Å². The Bertz CT molecular complexity index is 4700. The monoisotopic (exact) mass is 1430 g/mol. The van der Waals surface area contributed by atoms with Gasteiger partial charge < -0.3 is 59.1 Å². The molecule has 1 amide bonds. The Morgan fingerprint density at radius 1 is 0.819 bits per heavy atom. The van der Waals surface area contributed by atoms with Crippen LogP contribution in [0.25, 0.3) is 0 Å². The molecule has 0 spiro atoms. The first-order chi connectivity index (χ1) is 49.9. The van der Waals surface area contributed by atoms with Gasteiger partial charge in [-0.1, -0.05) is 107 Å². The van der Waals surface area contributed by atoms with Gasteiger partial charge >= 0.3 is 35.8 Å². The molecule has 4 fully saturated rings. The number of hydrogen-bond acceptors (Lipinski definition) is 22. The molecule has 2 saturated carbocycles. The summed E-state index contributed by atoms with van der Waals surface area (Å²) >= 11 is 0. The topological polar surface area (TPSA) is 323 Å². The molecule has 3 aromatic carbocycles. The molecule has 0 aromatic heterocycles. The minimum atomic E-state index is -2.56. The molecule has 13 rings (SSSR count). The molecule has 23 nitrogen and oxygen atoms in total. The molecule has 10 bridgehead atoms. The van der Waals surface area contributed by atoms with E-state index in [9.17, 15) is 39.3 Å². The van der Waals surface area contributed by atoms with Crippen LogP contribution in [0.4, 0.5) is 0 Å². The largest absolute Gasteiger partial charge is 0.510 e. The van der Waals surface area contributed by atoms with E-state index in [1.54, 1.807) is 98.8 Å². The van der Waals surface area contributed by atoms with Gasteiger partial charge in [-0.25, -0.2) is 24.6 Å². The zero-order valence-corrected chi connectivity index (χ0v) is 60.6. The SMILES string of the molecule is C=CC1=C(C)C2=NC1=CC1=NC(=CC3=C(C)C4=C(O)C(C(=O)OC)C(=C5NC(=C2)[C@@H](C)[C@@H]5CCC(=O)O[C@@H](C(=O)O[C@H]2C[C@@]5(O)[C@@H](OC(=O)c6ccccc6)C6[C@](C)(C(=O)[C@H](OC(C)=O)C(=C2C)C5(C)C)[C@@H](O)C[C@H]2OC[C@@]62OC(C)=O)[C@@H](NC(=O)c2ccccc2)c2ccccc2)C4=N3)C(CC)=C1C. The summed E-state index contributed by atoms with van der Waals surface area (Å²) in [6.07, 6.45) is -3.85. The first kappa shape index (κ1) is 72.8. The van der Waals surface area contributed by atoms with Crippen LogP contribution in [0.1, 0.15) is 141 Å². The van der Waals surface area contributed by atoms with Crippen molar-refractivity contribution in [2.75, 3.05) is 13.7 Å². The molecule has 2 saturated heterocycles. The molecule has 23 heteroatoms. The number of amides is 1. The molecule has 546 valence electrons. The van der Waals surface area contributed by atoms with Gasteiger partial charge in [-0.2, -0.15) is 0 Å². The molecule has 5 N–H and O–H groups in total. The average molecular weight is 1430 g/mol. The zero-order chi connectivity index (χ0) is 75.3. The molecule has 105 heavy (non-hydrogen) atoms. The summed E-state index contributed by atoms with van der Waals surface area (Å²) in [6, 6.07) is 22.6. The maximum absolute atomic E-state index is 16.2. The first-order valence-corrected chi connectivity index (χ1v) is 35.3. The Kier molecular flexibility index (Phi) is 19.1. The number of nitrogens with one attached hydrogen (secondary N) is 2. The summed E-state index contributed by atoms with van der Waals surface area (Å²) in [6.45, 7) is 21.7. The highest BCUT2D eigenvalue weighted by Crippen LogP contribution is 2.65. The number of nitrogens with zero attached hydrogens (tertiary/aromatic N) is 3. The highest BCUT2D eigenvalue weighted by Gasteiger charge is 2.78. The number of carbonyl (C=O) groups excluding carboxylic acids is 8. The van der Waals surface area contributed by atoms with E-state index in [0.29, 0.717) is 68.8 Å². The number of carbonyl (C=O) groups is 8. The number of hydrogen-bond donors (Lipinski definition) is 5. The molecule has 6 heterocycles. The van der Waals surface area contributed by atoms with E-state index in [-0.39, 0.29) is 53.0 Å². The third-order valence-corrected chi connectivity index (χ3v) is 23.2. The number of ketones is 1. The lowest BCUT2D eigenvalue weighted by molar-refractivity contribution is -0.346. The number of fused-ring (bicyclic) bond motifs is 10. The average Bonchev–Trinajstić information content (AvgIpc) is 1.40. The molecule has 10 aliphatic rings. The third kappa shape index (κ3) is 12.0. The molecule has 2 unspecified atom stereocenters. The lowest BCUT2D eigenvalue weighted by atomic mass is 9.44. The summed E-state index contributed by atoms with van der Waals surface area (Å²) in [5.74, 6) is -12.0. The second-order valence-corrected chi connectivity index (χ2v) is 29.2. The van der Waals surface area contributed by atoms with Crippen LogP contribution in [0.2, 0.25) is 0 Å². The van der Waals surface area contributed by atoms with Crippen LogP contribution in [-0.4, -0.2) is 142 Å². The number of allylic oxidation sites excluding steroid dienone is 11. The number of Topliss-reactive ketones (excluding diaryl/α,β-unsaturated/α-hetero) is 1. The fourth-order valence-electron chi connectivity index (χ4n) is 17.5. The predicted molar refractivity (Wildman–Crippen MR) is 384 cm³/mol. The van der Waals surface area contributed by atoms with Crippen LogP contribution >= 0.6 is 0 Å². The second kappa shape index (κ2) is 27.5. The molecular formula is C82H85N5O18. The Morgan fingerprint density at radius 3 is 2.09 bits per heavy atom. The van der Waals surface area contributed by atoms with Gasteiger partial charge in [0.05, 0.1) is 70.9 Å². The molecule has 3 aromatic rings. The maximum Gasteiger partial charge on any atom is 0.350 e. The standard InChI is InChI=1S/C82H85N5O18/c1-14-49-39(3)52-33-54-41(5)51(67(85-54)63-64(77(96)99-13)69(92)62-42(6)55(86-68(62)63)35-57-50(15-2)40(4)53(84-57)34-56(49)83-52)31-32-61(91)103-71(66(46-25-19-16-20-26-46)87-75(94)47-27-21-17-22-28-47)78(97)102-58-37-82(98)74(104-76(95)48-29-23-18-24-30-48)72-80(12,59(90)36-60-81(72,38-100-60)105-45(9)89)73(93)70(101-44(8)88)65(43(58)7)79(82,10)11/h14,16-30,33-35,41,51,58-60,64,66,70-72,74,85,90,92,98H,1,15,31-32,36-38H2,2-13H3,(H,87,94)/t41-,51-,58-,59-,60+,64?,66-,70+,71+,72?,74-,80+,81-,82+/m0/s1. The van der Waals surface area contributed by atoms with Gasteiger partial charge in [-0.15, -0.1) is 0 Å². The van der Waals surface area contributed by atoms with Gasteiger partial charge in [0.25, 0.3) is 5.91 Å². The van der Waals surface area contributed by atoms with Gasteiger partial charge in [0.2, 0.25) is 6.10 Å². The van der Waals surface area contributed by atoms with Crippen LogP contribution in [0.15, 0.2) is 221 Å². The van der Waals surface area contributed by atoms with Crippen molar-refractivity contribution in [2.24, 2.45) is 49.5 Å². The van der Waals surface area contributed by atoms with Gasteiger partial charge in [0.15, 0.2) is 17.5 Å². The normalized spacial score (nSPS) is 29.6. The van der Waals surface area contributed by atoms with Crippen molar-refractivity contribution in [3.05, 3.63) is 223 Å². The molecule has 0 radical (unpaired) electrons. The van der Waals surface area contributed by atoms with Crippen molar-refractivity contribution in [3.63, 3.8) is 0 Å².